The fourth-order valence-electron chi connectivity index (χ4n) is 3.23. The number of piperidine rings is 1. The molecule has 0 aliphatic carbocycles. The number of carbonyl (C=O) groups is 1. The van der Waals surface area contributed by atoms with Gasteiger partial charge in [-0.25, -0.2) is 4.79 Å². The summed E-state index contributed by atoms with van der Waals surface area (Å²) in [6.45, 7) is 7.43. The quantitative estimate of drug-likeness (QED) is 0.862. The van der Waals surface area contributed by atoms with Crippen LogP contribution in [-0.4, -0.2) is 41.4 Å². The van der Waals surface area contributed by atoms with Gasteiger partial charge in [-0.15, -0.1) is 0 Å². The maximum absolute atomic E-state index is 12.3. The third kappa shape index (κ3) is 5.26. The smallest absolute Gasteiger partial charge is 0.410 e. The molecule has 1 heterocycles. The van der Waals surface area contributed by atoms with Crippen LogP contribution in [0.5, 0.6) is 5.75 Å². The van der Waals surface area contributed by atoms with Gasteiger partial charge in [-0.3, -0.25) is 0 Å². The highest BCUT2D eigenvalue weighted by atomic mass is 16.6. The van der Waals surface area contributed by atoms with Crippen LogP contribution < -0.4 is 4.74 Å². The Hall–Kier alpha value is -2.53. The van der Waals surface area contributed by atoms with E-state index in [4.69, 9.17) is 9.47 Å². The normalized spacial score (nSPS) is 19.9. The number of rotatable bonds is 4. The largest absolute Gasteiger partial charge is 0.488 e. The van der Waals surface area contributed by atoms with E-state index in [0.717, 1.165) is 11.3 Å². The number of hydrogen-bond donors (Lipinski definition) is 1. The molecule has 1 fully saturated rings. The van der Waals surface area contributed by atoms with Crippen molar-refractivity contribution in [1.29, 1.82) is 0 Å². The Balaban J connectivity index is 1.50. The lowest BCUT2D eigenvalue weighted by molar-refractivity contribution is -0.0252. The number of nitrogens with zero attached hydrogens (tertiary/aromatic N) is 1. The molecule has 1 saturated heterocycles. The summed E-state index contributed by atoms with van der Waals surface area (Å²) in [4.78, 5) is 13.8. The van der Waals surface area contributed by atoms with E-state index in [9.17, 15) is 9.90 Å². The van der Waals surface area contributed by atoms with Crippen LogP contribution in [0.15, 0.2) is 54.6 Å². The molecule has 1 aliphatic heterocycles. The third-order valence-corrected chi connectivity index (χ3v) is 4.99. The fraction of sp³-hybridized carbons (Fsp3) is 0.435. The minimum absolute atomic E-state index is 0.0868. The molecule has 0 aromatic heterocycles. The zero-order valence-electron chi connectivity index (χ0n) is 16.8. The Morgan fingerprint density at radius 1 is 1.11 bits per heavy atom. The molecule has 3 rings (SSSR count). The van der Waals surface area contributed by atoms with E-state index < -0.39 is 12.2 Å². The maximum Gasteiger partial charge on any atom is 0.410 e. The van der Waals surface area contributed by atoms with E-state index in [1.807, 2.05) is 42.5 Å². The number of ether oxygens (including phenoxy) is 2. The Bertz CT molecular complexity index is 767. The van der Waals surface area contributed by atoms with Gasteiger partial charge in [0, 0.05) is 13.0 Å². The summed E-state index contributed by atoms with van der Waals surface area (Å²) in [6, 6.07) is 17.5. The van der Waals surface area contributed by atoms with Crippen molar-refractivity contribution in [2.45, 2.75) is 51.4 Å². The van der Waals surface area contributed by atoms with Crippen LogP contribution >= 0.6 is 0 Å². The SMILES string of the molecule is CC(C)(C)c1ccc(O[C@H]2CCN(C(=O)OCc3ccccc3)C[C@@H]2O)cc1. The Morgan fingerprint density at radius 2 is 1.79 bits per heavy atom. The lowest BCUT2D eigenvalue weighted by Crippen LogP contribution is -2.51. The fourth-order valence-corrected chi connectivity index (χ4v) is 3.23. The molecule has 1 aliphatic rings. The summed E-state index contributed by atoms with van der Waals surface area (Å²) >= 11 is 0. The van der Waals surface area contributed by atoms with E-state index in [0.29, 0.717) is 13.0 Å². The van der Waals surface area contributed by atoms with Crippen molar-refractivity contribution in [3.8, 4) is 5.75 Å². The molecule has 0 saturated carbocycles. The van der Waals surface area contributed by atoms with Gasteiger partial charge >= 0.3 is 6.09 Å². The third-order valence-electron chi connectivity index (χ3n) is 4.99. The monoisotopic (exact) mass is 383 g/mol. The Labute approximate surface area is 166 Å². The van der Waals surface area contributed by atoms with Crippen molar-refractivity contribution < 1.29 is 19.4 Å². The van der Waals surface area contributed by atoms with Crippen molar-refractivity contribution in [2.24, 2.45) is 0 Å². The van der Waals surface area contributed by atoms with E-state index in [1.165, 1.54) is 10.5 Å². The van der Waals surface area contributed by atoms with Crippen LogP contribution in [0.3, 0.4) is 0 Å². The summed E-state index contributed by atoms with van der Waals surface area (Å²) < 4.78 is 11.3. The summed E-state index contributed by atoms with van der Waals surface area (Å²) in [7, 11) is 0. The maximum atomic E-state index is 12.3. The molecule has 5 nitrogen and oxygen atoms in total. The molecule has 150 valence electrons. The molecule has 0 radical (unpaired) electrons. The lowest BCUT2D eigenvalue weighted by atomic mass is 9.87. The van der Waals surface area contributed by atoms with E-state index >= 15 is 0 Å². The number of benzene rings is 2. The van der Waals surface area contributed by atoms with Gasteiger partial charge in [0.15, 0.2) is 0 Å². The first-order chi connectivity index (χ1) is 13.3. The van der Waals surface area contributed by atoms with Gasteiger partial charge in [0.25, 0.3) is 0 Å². The van der Waals surface area contributed by atoms with Gasteiger partial charge in [-0.05, 0) is 28.7 Å². The first kappa shape index (κ1) is 20.2. The van der Waals surface area contributed by atoms with Crippen LogP contribution in [0.4, 0.5) is 4.79 Å². The van der Waals surface area contributed by atoms with Crippen LogP contribution in [0, 0.1) is 0 Å². The first-order valence-electron chi connectivity index (χ1n) is 9.74. The summed E-state index contributed by atoms with van der Waals surface area (Å²) in [5, 5.41) is 10.4. The van der Waals surface area contributed by atoms with Gasteiger partial charge in [0.1, 0.15) is 24.6 Å². The number of carbonyl (C=O) groups excluding carboxylic acids is 1. The number of aliphatic hydroxyl groups is 1. The standard InChI is InChI=1S/C23H29NO4/c1-23(2,3)18-9-11-19(12-10-18)28-21-13-14-24(15-20(21)25)22(26)27-16-17-7-5-4-6-8-17/h4-12,20-21,25H,13-16H2,1-3H3/t20-,21-/m0/s1. The van der Waals surface area contributed by atoms with Crippen LogP contribution in [0.25, 0.3) is 0 Å². The molecular formula is C23H29NO4. The second-order valence-corrected chi connectivity index (χ2v) is 8.27. The molecule has 2 aromatic carbocycles. The van der Waals surface area contributed by atoms with Crippen molar-refractivity contribution in [1.82, 2.24) is 4.90 Å². The zero-order chi connectivity index (χ0) is 20.1. The molecule has 2 atom stereocenters. The molecule has 0 spiro atoms. The van der Waals surface area contributed by atoms with Crippen LogP contribution in [0.1, 0.15) is 38.3 Å². The Morgan fingerprint density at radius 3 is 2.39 bits per heavy atom. The molecule has 0 unspecified atom stereocenters. The molecule has 1 amide bonds. The number of hydrogen-bond acceptors (Lipinski definition) is 4. The van der Waals surface area contributed by atoms with Gasteiger partial charge in [0.2, 0.25) is 0 Å². The molecule has 0 bridgehead atoms. The topological polar surface area (TPSA) is 59.0 Å². The predicted octanol–water partition coefficient (Wildman–Crippen LogP) is 4.13. The van der Waals surface area contributed by atoms with Gasteiger partial charge in [-0.1, -0.05) is 63.2 Å². The highest BCUT2D eigenvalue weighted by Crippen LogP contribution is 2.26. The van der Waals surface area contributed by atoms with Crippen molar-refractivity contribution >= 4 is 6.09 Å². The van der Waals surface area contributed by atoms with Crippen molar-refractivity contribution in [3.63, 3.8) is 0 Å². The number of likely N-dealkylation sites (tertiary alicyclic amines) is 1. The average Bonchev–Trinajstić information content (AvgIpc) is 2.68. The molecule has 5 heteroatoms. The second-order valence-electron chi connectivity index (χ2n) is 8.27. The number of amides is 1. The van der Waals surface area contributed by atoms with Gasteiger partial charge in [0.05, 0.1) is 6.54 Å². The van der Waals surface area contributed by atoms with Gasteiger partial charge < -0.3 is 19.5 Å². The minimum Gasteiger partial charge on any atom is -0.488 e. The number of aliphatic hydroxyl groups excluding tert-OH is 1. The lowest BCUT2D eigenvalue weighted by Gasteiger charge is -2.35. The van der Waals surface area contributed by atoms with Crippen molar-refractivity contribution in [3.05, 3.63) is 65.7 Å². The zero-order valence-corrected chi connectivity index (χ0v) is 16.8. The Kier molecular flexibility index (Phi) is 6.25. The summed E-state index contributed by atoms with van der Waals surface area (Å²) in [6.07, 6.45) is -0.933. The molecule has 2 aromatic rings. The van der Waals surface area contributed by atoms with E-state index in [2.05, 4.69) is 32.9 Å². The highest BCUT2D eigenvalue weighted by Gasteiger charge is 2.32. The van der Waals surface area contributed by atoms with E-state index in [-0.39, 0.29) is 24.7 Å². The first-order valence-corrected chi connectivity index (χ1v) is 9.74. The van der Waals surface area contributed by atoms with Crippen molar-refractivity contribution in [2.75, 3.05) is 13.1 Å². The highest BCUT2D eigenvalue weighted by molar-refractivity contribution is 5.67. The predicted molar refractivity (Wildman–Crippen MR) is 108 cm³/mol. The van der Waals surface area contributed by atoms with Crippen LogP contribution in [-0.2, 0) is 16.8 Å². The molecular weight excluding hydrogens is 354 g/mol. The number of β-amino-alcohol motifs (C(OH)–C–C–N with tert-alkyl or cyclic N) is 1. The summed E-state index contributed by atoms with van der Waals surface area (Å²) in [5.74, 6) is 0.733. The average molecular weight is 383 g/mol. The second kappa shape index (κ2) is 8.65. The molecule has 1 N–H and O–H groups in total. The molecule has 28 heavy (non-hydrogen) atoms. The minimum atomic E-state index is -0.750. The van der Waals surface area contributed by atoms with Gasteiger partial charge in [-0.2, -0.15) is 0 Å². The van der Waals surface area contributed by atoms with Crippen LogP contribution in [0.2, 0.25) is 0 Å². The van der Waals surface area contributed by atoms with E-state index in [1.54, 1.807) is 0 Å². The summed E-state index contributed by atoms with van der Waals surface area (Å²) in [5.41, 5.74) is 2.26.